The summed E-state index contributed by atoms with van der Waals surface area (Å²) in [6.07, 6.45) is 6.76. The molecule has 1 amide bonds. The fraction of sp³-hybridized carbons (Fsp3) is 0.286. The van der Waals surface area contributed by atoms with Crippen LogP contribution in [0.15, 0.2) is 18.6 Å². The smallest absolute Gasteiger partial charge is 0.260 e. The predicted octanol–water partition coefficient (Wildman–Crippen LogP) is 1.96. The summed E-state index contributed by atoms with van der Waals surface area (Å²) in [5.74, 6) is 2.17. The van der Waals surface area contributed by atoms with Crippen molar-refractivity contribution < 1.29 is 9.53 Å². The summed E-state index contributed by atoms with van der Waals surface area (Å²) in [5, 5.41) is 0. The van der Waals surface area contributed by atoms with Crippen LogP contribution in [-0.2, 0) is 11.3 Å². The molecular formula is C21H24N8O2. The van der Waals surface area contributed by atoms with Gasteiger partial charge in [0.1, 0.15) is 17.4 Å². The minimum absolute atomic E-state index is 0.0886. The number of H-pyrrole nitrogens is 1. The zero-order chi connectivity index (χ0) is 22.3. The zero-order valence-electron chi connectivity index (χ0n) is 18.1. The normalized spacial score (nSPS) is 14.3. The number of amides is 1. The maximum absolute atomic E-state index is 13.5. The van der Waals surface area contributed by atoms with Crippen molar-refractivity contribution in [3.05, 3.63) is 46.8 Å². The molecule has 0 saturated heterocycles. The van der Waals surface area contributed by atoms with Gasteiger partial charge in [-0.3, -0.25) is 14.7 Å². The third-order valence-corrected chi connectivity index (χ3v) is 5.17. The maximum atomic E-state index is 13.5. The zero-order valence-corrected chi connectivity index (χ0v) is 18.1. The molecule has 0 spiro atoms. The molecule has 4 rings (SSSR count). The van der Waals surface area contributed by atoms with Gasteiger partial charge >= 0.3 is 0 Å². The number of aromatic nitrogens is 5. The fourth-order valence-electron chi connectivity index (χ4n) is 3.72. The number of fused-ring (bicyclic) bond motifs is 1. The number of hydrogen-bond donors (Lipinski definition) is 2. The van der Waals surface area contributed by atoms with Gasteiger partial charge in [-0.1, -0.05) is 0 Å². The average Bonchev–Trinajstić information content (AvgIpc) is 3.32. The van der Waals surface area contributed by atoms with E-state index in [2.05, 4.69) is 24.9 Å². The average molecular weight is 420 g/mol. The Kier molecular flexibility index (Phi) is 5.05. The van der Waals surface area contributed by atoms with Gasteiger partial charge in [-0.05, 0) is 19.9 Å². The number of ether oxygens (including phenoxy) is 1. The van der Waals surface area contributed by atoms with Crippen LogP contribution in [0, 0.1) is 13.8 Å². The van der Waals surface area contributed by atoms with Gasteiger partial charge in [0.25, 0.3) is 5.91 Å². The highest BCUT2D eigenvalue weighted by Crippen LogP contribution is 2.42. The standard InChI is InChI=1S/C21H24N8O2/c1-11-9-25-14(12(2)17(11)31-5)10-29-19-16(18(28(3)4)26-21(22)27-19)13(20(29)30)8-15-23-6-7-24-15/h6-9H,10H2,1-5H3,(H,23,24)(H2,22,26,27)/b13-8-. The number of nitrogen functional groups attached to an aromatic ring is 1. The minimum Gasteiger partial charge on any atom is -0.496 e. The first-order valence-corrected chi connectivity index (χ1v) is 9.69. The van der Waals surface area contributed by atoms with Crippen molar-refractivity contribution in [3.63, 3.8) is 0 Å². The Hall–Kier alpha value is -3.95. The van der Waals surface area contributed by atoms with Crippen LogP contribution in [0.4, 0.5) is 17.6 Å². The first kappa shape index (κ1) is 20.3. The number of pyridine rings is 1. The molecule has 10 nitrogen and oxygen atoms in total. The summed E-state index contributed by atoms with van der Waals surface area (Å²) in [5.41, 5.74) is 9.54. The second-order valence-electron chi connectivity index (χ2n) is 7.47. The highest BCUT2D eigenvalue weighted by Gasteiger charge is 2.38. The van der Waals surface area contributed by atoms with E-state index in [1.807, 2.05) is 32.8 Å². The van der Waals surface area contributed by atoms with Crippen LogP contribution in [0.3, 0.4) is 0 Å². The number of aryl methyl sites for hydroxylation is 1. The Labute approximate surface area is 179 Å². The van der Waals surface area contributed by atoms with Crippen molar-refractivity contribution in [2.75, 3.05) is 36.7 Å². The molecule has 1 aliphatic rings. The van der Waals surface area contributed by atoms with Gasteiger partial charge in [-0.15, -0.1) is 0 Å². The Balaban J connectivity index is 1.88. The Bertz CT molecular complexity index is 1180. The molecule has 0 saturated carbocycles. The molecule has 10 heteroatoms. The van der Waals surface area contributed by atoms with E-state index in [-0.39, 0.29) is 18.4 Å². The molecule has 3 aromatic rings. The van der Waals surface area contributed by atoms with Crippen molar-refractivity contribution in [1.82, 2.24) is 24.9 Å². The van der Waals surface area contributed by atoms with Gasteiger partial charge in [-0.25, -0.2) is 4.98 Å². The van der Waals surface area contributed by atoms with Crippen LogP contribution >= 0.6 is 0 Å². The van der Waals surface area contributed by atoms with Crippen LogP contribution in [-0.4, -0.2) is 52.0 Å². The topological polar surface area (TPSA) is 126 Å². The number of methoxy groups -OCH3 is 1. The Morgan fingerprint density at radius 3 is 2.68 bits per heavy atom. The Morgan fingerprint density at radius 1 is 1.26 bits per heavy atom. The fourth-order valence-corrected chi connectivity index (χ4v) is 3.72. The Morgan fingerprint density at radius 2 is 2.03 bits per heavy atom. The molecule has 0 aliphatic carbocycles. The first-order valence-electron chi connectivity index (χ1n) is 9.69. The monoisotopic (exact) mass is 420 g/mol. The highest BCUT2D eigenvalue weighted by molar-refractivity contribution is 6.36. The second kappa shape index (κ2) is 7.71. The maximum Gasteiger partial charge on any atom is 0.260 e. The van der Waals surface area contributed by atoms with E-state index < -0.39 is 0 Å². The first-order chi connectivity index (χ1) is 14.8. The number of rotatable bonds is 5. The molecule has 0 bridgehead atoms. The van der Waals surface area contributed by atoms with E-state index in [0.29, 0.717) is 34.3 Å². The van der Waals surface area contributed by atoms with E-state index in [4.69, 9.17) is 10.5 Å². The highest BCUT2D eigenvalue weighted by atomic mass is 16.5. The van der Waals surface area contributed by atoms with Crippen molar-refractivity contribution in [1.29, 1.82) is 0 Å². The van der Waals surface area contributed by atoms with Crippen LogP contribution < -0.4 is 20.3 Å². The number of carbonyl (C=O) groups is 1. The molecule has 3 N–H and O–H groups in total. The number of aromatic amines is 1. The lowest BCUT2D eigenvalue weighted by atomic mass is 10.1. The van der Waals surface area contributed by atoms with Crippen molar-refractivity contribution >= 4 is 35.1 Å². The van der Waals surface area contributed by atoms with Crippen molar-refractivity contribution in [3.8, 4) is 5.75 Å². The summed E-state index contributed by atoms with van der Waals surface area (Å²) >= 11 is 0. The molecule has 0 radical (unpaired) electrons. The van der Waals surface area contributed by atoms with E-state index in [1.54, 1.807) is 36.7 Å². The van der Waals surface area contributed by atoms with Crippen molar-refractivity contribution in [2.45, 2.75) is 20.4 Å². The summed E-state index contributed by atoms with van der Waals surface area (Å²) in [6, 6.07) is 0. The van der Waals surface area contributed by atoms with E-state index in [9.17, 15) is 4.79 Å². The van der Waals surface area contributed by atoms with Gasteiger partial charge in [0.15, 0.2) is 5.82 Å². The number of hydrogen-bond acceptors (Lipinski definition) is 8. The number of anilines is 3. The van der Waals surface area contributed by atoms with E-state index >= 15 is 0 Å². The van der Waals surface area contributed by atoms with Gasteiger partial charge < -0.3 is 20.4 Å². The molecular weight excluding hydrogens is 396 g/mol. The second-order valence-corrected chi connectivity index (χ2v) is 7.47. The summed E-state index contributed by atoms with van der Waals surface area (Å²) in [7, 11) is 5.31. The largest absolute Gasteiger partial charge is 0.496 e. The predicted molar refractivity (Wildman–Crippen MR) is 119 cm³/mol. The summed E-state index contributed by atoms with van der Waals surface area (Å²) in [6.45, 7) is 4.07. The molecule has 0 unspecified atom stereocenters. The molecule has 0 aromatic carbocycles. The number of carbonyl (C=O) groups excluding carboxylic acids is 1. The number of imidazole rings is 1. The SMILES string of the molecule is COc1c(C)cnc(CN2C(=O)/C(=C\c3ncc[nH]3)c3c(N(C)C)nc(N)nc32)c1C. The third-order valence-electron chi connectivity index (χ3n) is 5.17. The van der Waals surface area contributed by atoms with Crippen LogP contribution in [0.5, 0.6) is 5.75 Å². The molecule has 3 aromatic heterocycles. The lowest BCUT2D eigenvalue weighted by Gasteiger charge is -2.20. The quantitative estimate of drug-likeness (QED) is 0.600. The molecule has 1 aliphatic heterocycles. The third kappa shape index (κ3) is 3.45. The lowest BCUT2D eigenvalue weighted by molar-refractivity contribution is -0.113. The molecule has 4 heterocycles. The summed E-state index contributed by atoms with van der Waals surface area (Å²) < 4.78 is 5.52. The van der Waals surface area contributed by atoms with E-state index in [0.717, 1.165) is 16.9 Å². The van der Waals surface area contributed by atoms with Gasteiger partial charge in [0.2, 0.25) is 5.95 Å². The van der Waals surface area contributed by atoms with Crippen LogP contribution in [0.2, 0.25) is 0 Å². The molecule has 0 atom stereocenters. The van der Waals surface area contributed by atoms with Gasteiger partial charge in [-0.2, -0.15) is 9.97 Å². The minimum atomic E-state index is -0.227. The number of nitrogens with one attached hydrogen (secondary N) is 1. The van der Waals surface area contributed by atoms with E-state index in [1.165, 1.54) is 0 Å². The lowest BCUT2D eigenvalue weighted by Crippen LogP contribution is -2.27. The molecule has 0 fully saturated rings. The molecule has 160 valence electrons. The summed E-state index contributed by atoms with van der Waals surface area (Å²) in [4.78, 5) is 37.5. The number of nitrogens with zero attached hydrogens (tertiary/aromatic N) is 6. The van der Waals surface area contributed by atoms with Crippen LogP contribution in [0.25, 0.3) is 11.6 Å². The molecule has 31 heavy (non-hydrogen) atoms. The van der Waals surface area contributed by atoms with Crippen molar-refractivity contribution in [2.24, 2.45) is 0 Å². The van der Waals surface area contributed by atoms with Gasteiger partial charge in [0, 0.05) is 43.8 Å². The van der Waals surface area contributed by atoms with Crippen LogP contribution in [0.1, 0.15) is 28.2 Å². The number of nitrogens with two attached hydrogens (primary N) is 1. The van der Waals surface area contributed by atoms with Gasteiger partial charge in [0.05, 0.1) is 30.5 Å².